The van der Waals surface area contributed by atoms with Crippen molar-refractivity contribution in [2.45, 2.75) is 19.8 Å². The van der Waals surface area contributed by atoms with Crippen molar-refractivity contribution in [2.75, 3.05) is 20.1 Å². The molecule has 16 heavy (non-hydrogen) atoms. The normalized spacial score (nSPS) is 17.6. The average molecular weight is 237 g/mol. The maximum atomic E-state index is 5.98. The van der Waals surface area contributed by atoms with Gasteiger partial charge in [-0.1, -0.05) is 17.7 Å². The molecule has 1 aliphatic heterocycles. The molecular formula is C13H17ClN2. The predicted octanol–water partition coefficient (Wildman–Crippen LogP) is 3.45. The van der Waals surface area contributed by atoms with E-state index in [9.17, 15) is 0 Å². The summed E-state index contributed by atoms with van der Waals surface area (Å²) < 4.78 is 0. The topological polar surface area (TPSA) is 15.6 Å². The molecule has 2 nitrogen and oxygen atoms in total. The van der Waals surface area contributed by atoms with E-state index in [-0.39, 0.29) is 0 Å². The number of halogens is 1. The van der Waals surface area contributed by atoms with E-state index < -0.39 is 0 Å². The van der Waals surface area contributed by atoms with Crippen molar-refractivity contribution >= 4 is 23.0 Å². The predicted molar refractivity (Wildman–Crippen MR) is 70.0 cm³/mol. The summed E-state index contributed by atoms with van der Waals surface area (Å²) in [6.45, 7) is 4.29. The summed E-state index contributed by atoms with van der Waals surface area (Å²) in [5.74, 6) is 0. The van der Waals surface area contributed by atoms with Crippen LogP contribution in [0.3, 0.4) is 0 Å². The lowest BCUT2D eigenvalue weighted by atomic mass is 10.1. The Morgan fingerprint density at radius 2 is 1.94 bits per heavy atom. The van der Waals surface area contributed by atoms with Crippen molar-refractivity contribution in [3.8, 4) is 0 Å². The Kier molecular flexibility index (Phi) is 3.62. The Morgan fingerprint density at radius 1 is 1.25 bits per heavy atom. The Hall–Kier alpha value is -0.860. The third-order valence-electron chi connectivity index (χ3n) is 3.01. The highest BCUT2D eigenvalue weighted by molar-refractivity contribution is 6.30. The van der Waals surface area contributed by atoms with Crippen LogP contribution in [0.5, 0.6) is 0 Å². The zero-order chi connectivity index (χ0) is 11.5. The second-order valence-electron chi connectivity index (χ2n) is 4.41. The summed E-state index contributed by atoms with van der Waals surface area (Å²) in [5, 5.41) is 0.762. The molecule has 0 amide bonds. The minimum atomic E-state index is 0.762. The van der Waals surface area contributed by atoms with Crippen LogP contribution in [0.1, 0.15) is 18.4 Å². The first-order valence-electron chi connectivity index (χ1n) is 5.66. The maximum Gasteiger partial charge on any atom is 0.0673 e. The van der Waals surface area contributed by atoms with Gasteiger partial charge in [-0.05, 0) is 44.5 Å². The molecule has 86 valence electrons. The number of rotatable bonds is 1. The largest absolute Gasteiger partial charge is 0.306 e. The van der Waals surface area contributed by atoms with Gasteiger partial charge in [0.2, 0.25) is 0 Å². The van der Waals surface area contributed by atoms with Crippen LogP contribution in [-0.2, 0) is 0 Å². The second-order valence-corrected chi connectivity index (χ2v) is 4.85. The first kappa shape index (κ1) is 11.6. The first-order chi connectivity index (χ1) is 7.65. The van der Waals surface area contributed by atoms with Gasteiger partial charge >= 0.3 is 0 Å². The third kappa shape index (κ3) is 2.83. The third-order valence-corrected chi connectivity index (χ3v) is 3.25. The van der Waals surface area contributed by atoms with Crippen LogP contribution < -0.4 is 0 Å². The molecule has 2 rings (SSSR count). The highest BCUT2D eigenvalue weighted by Gasteiger charge is 2.11. The number of hydrogen-bond acceptors (Lipinski definition) is 2. The van der Waals surface area contributed by atoms with Gasteiger partial charge in [0, 0.05) is 23.8 Å². The molecule has 0 radical (unpaired) electrons. The SMILES string of the molecule is Cc1ccc(Cl)cc1N=C1CCN(C)CC1. The number of hydrogen-bond donors (Lipinski definition) is 0. The summed E-state index contributed by atoms with van der Waals surface area (Å²) in [6.07, 6.45) is 2.14. The maximum absolute atomic E-state index is 5.98. The summed E-state index contributed by atoms with van der Waals surface area (Å²) in [6, 6.07) is 5.88. The quantitative estimate of drug-likeness (QED) is 0.729. The molecule has 1 fully saturated rings. The molecule has 3 heteroatoms. The fourth-order valence-electron chi connectivity index (χ4n) is 1.86. The first-order valence-corrected chi connectivity index (χ1v) is 6.04. The van der Waals surface area contributed by atoms with E-state index in [1.165, 1.54) is 11.3 Å². The minimum Gasteiger partial charge on any atom is -0.306 e. The number of piperidine rings is 1. The van der Waals surface area contributed by atoms with Crippen LogP contribution in [0.25, 0.3) is 0 Å². The average Bonchev–Trinajstić information content (AvgIpc) is 2.27. The molecule has 0 bridgehead atoms. The van der Waals surface area contributed by atoms with Gasteiger partial charge in [0.1, 0.15) is 0 Å². The Balaban J connectivity index is 2.19. The fraction of sp³-hybridized carbons (Fsp3) is 0.462. The van der Waals surface area contributed by atoms with Gasteiger partial charge in [0.15, 0.2) is 0 Å². The summed E-state index contributed by atoms with van der Waals surface area (Å²) in [5.41, 5.74) is 3.51. The van der Waals surface area contributed by atoms with Crippen LogP contribution in [0.15, 0.2) is 23.2 Å². The van der Waals surface area contributed by atoms with Crippen LogP contribution in [0.2, 0.25) is 5.02 Å². The number of likely N-dealkylation sites (tertiary alicyclic amines) is 1. The van der Waals surface area contributed by atoms with Crippen molar-refractivity contribution in [2.24, 2.45) is 4.99 Å². The van der Waals surface area contributed by atoms with Gasteiger partial charge in [-0.15, -0.1) is 0 Å². The van der Waals surface area contributed by atoms with Crippen molar-refractivity contribution in [3.05, 3.63) is 28.8 Å². The highest BCUT2D eigenvalue weighted by atomic mass is 35.5. The lowest BCUT2D eigenvalue weighted by molar-refractivity contribution is 0.336. The van der Waals surface area contributed by atoms with Gasteiger partial charge in [-0.2, -0.15) is 0 Å². The summed E-state index contributed by atoms with van der Waals surface area (Å²) in [7, 11) is 2.15. The molecule has 1 aliphatic rings. The van der Waals surface area contributed by atoms with Crippen molar-refractivity contribution in [3.63, 3.8) is 0 Å². The molecule has 1 heterocycles. The molecule has 1 aromatic carbocycles. The van der Waals surface area contributed by atoms with Crippen molar-refractivity contribution in [1.82, 2.24) is 4.90 Å². The standard InChI is InChI=1S/C13H17ClN2/c1-10-3-4-11(14)9-13(10)15-12-5-7-16(2)8-6-12/h3-4,9H,5-8H2,1-2H3. The Labute approximate surface area is 102 Å². The molecular weight excluding hydrogens is 220 g/mol. The number of aliphatic imine (C=N–C) groups is 1. The molecule has 0 saturated carbocycles. The monoisotopic (exact) mass is 236 g/mol. The van der Waals surface area contributed by atoms with Gasteiger partial charge in [-0.25, -0.2) is 0 Å². The molecule has 0 aliphatic carbocycles. The van der Waals surface area contributed by atoms with E-state index in [2.05, 4.69) is 18.9 Å². The zero-order valence-electron chi connectivity index (χ0n) is 9.83. The number of aryl methyl sites for hydroxylation is 1. The van der Waals surface area contributed by atoms with E-state index in [0.29, 0.717) is 0 Å². The van der Waals surface area contributed by atoms with E-state index in [0.717, 1.165) is 36.6 Å². The van der Waals surface area contributed by atoms with Crippen LogP contribution >= 0.6 is 11.6 Å². The minimum absolute atomic E-state index is 0.762. The molecule has 0 spiro atoms. The van der Waals surface area contributed by atoms with E-state index in [4.69, 9.17) is 16.6 Å². The van der Waals surface area contributed by atoms with Crippen LogP contribution in [-0.4, -0.2) is 30.7 Å². The lowest BCUT2D eigenvalue weighted by Crippen LogP contribution is -2.30. The molecule has 0 unspecified atom stereocenters. The highest BCUT2D eigenvalue weighted by Crippen LogP contribution is 2.24. The lowest BCUT2D eigenvalue weighted by Gasteiger charge is -2.23. The van der Waals surface area contributed by atoms with E-state index >= 15 is 0 Å². The summed E-state index contributed by atoms with van der Waals surface area (Å²) in [4.78, 5) is 7.06. The van der Waals surface area contributed by atoms with Gasteiger partial charge in [0.25, 0.3) is 0 Å². The summed E-state index contributed by atoms with van der Waals surface area (Å²) >= 11 is 5.98. The van der Waals surface area contributed by atoms with Crippen LogP contribution in [0.4, 0.5) is 5.69 Å². The number of nitrogens with zero attached hydrogens (tertiary/aromatic N) is 2. The van der Waals surface area contributed by atoms with Gasteiger partial charge in [0.05, 0.1) is 5.69 Å². The second kappa shape index (κ2) is 4.98. The molecule has 0 aromatic heterocycles. The number of benzene rings is 1. The van der Waals surface area contributed by atoms with Crippen molar-refractivity contribution < 1.29 is 0 Å². The van der Waals surface area contributed by atoms with E-state index in [1.54, 1.807) is 0 Å². The fourth-order valence-corrected chi connectivity index (χ4v) is 2.03. The molecule has 1 saturated heterocycles. The molecule has 0 atom stereocenters. The van der Waals surface area contributed by atoms with Gasteiger partial charge in [-0.3, -0.25) is 4.99 Å². The van der Waals surface area contributed by atoms with Crippen LogP contribution in [0, 0.1) is 6.92 Å². The van der Waals surface area contributed by atoms with Crippen molar-refractivity contribution in [1.29, 1.82) is 0 Å². The zero-order valence-corrected chi connectivity index (χ0v) is 10.6. The Bertz CT molecular complexity index is 402. The smallest absolute Gasteiger partial charge is 0.0673 e. The van der Waals surface area contributed by atoms with E-state index in [1.807, 2.05) is 18.2 Å². The molecule has 0 N–H and O–H groups in total. The Morgan fingerprint density at radius 3 is 2.62 bits per heavy atom. The molecule has 1 aromatic rings. The van der Waals surface area contributed by atoms with Gasteiger partial charge < -0.3 is 4.90 Å².